The number of para-hydroxylation sites is 1. The van der Waals surface area contributed by atoms with Crippen LogP contribution >= 0.6 is 0 Å². The molecule has 2 heterocycles. The number of fused-ring (bicyclic) bond motifs is 1. The fraction of sp³-hybridized carbons (Fsp3) is 0.524. The molecule has 0 radical (unpaired) electrons. The summed E-state index contributed by atoms with van der Waals surface area (Å²) in [6.45, 7) is 3.13. The molecule has 1 aliphatic rings. The van der Waals surface area contributed by atoms with Crippen LogP contribution in [0, 0.1) is 11.8 Å². The van der Waals surface area contributed by atoms with Crippen LogP contribution < -0.4 is 4.90 Å². The summed E-state index contributed by atoms with van der Waals surface area (Å²) in [7, 11) is 0. The summed E-state index contributed by atoms with van der Waals surface area (Å²) < 4.78 is 39.9. The molecule has 28 heavy (non-hydrogen) atoms. The zero-order valence-corrected chi connectivity index (χ0v) is 15.9. The summed E-state index contributed by atoms with van der Waals surface area (Å²) in [5.74, 6) is -1.07. The summed E-state index contributed by atoms with van der Waals surface area (Å²) in [4.78, 5) is 17.4. The molecule has 3 rings (SSSR count). The number of alkyl halides is 3. The SMILES string of the molecule is CCCCC(C(=O)O)C1CCN(c2cc(C(F)(F)F)nc3ccccc23)CC1. The second-order valence-electron chi connectivity index (χ2n) is 7.45. The summed E-state index contributed by atoms with van der Waals surface area (Å²) in [5, 5.41) is 10.2. The maximum absolute atomic E-state index is 13.3. The van der Waals surface area contributed by atoms with Gasteiger partial charge >= 0.3 is 12.1 Å². The number of carbonyl (C=O) groups is 1. The minimum Gasteiger partial charge on any atom is -0.481 e. The third-order valence-electron chi connectivity index (χ3n) is 5.62. The molecule has 1 saturated heterocycles. The number of carboxylic acids is 1. The van der Waals surface area contributed by atoms with Crippen LogP contribution in [0.1, 0.15) is 44.7 Å². The molecule has 1 aliphatic heterocycles. The van der Waals surface area contributed by atoms with Crippen molar-refractivity contribution in [2.24, 2.45) is 11.8 Å². The molecule has 0 saturated carbocycles. The number of pyridine rings is 1. The molecule has 7 heteroatoms. The number of rotatable bonds is 6. The molecule has 152 valence electrons. The number of piperidine rings is 1. The third kappa shape index (κ3) is 4.39. The molecular formula is C21H25F3N2O2. The lowest BCUT2D eigenvalue weighted by Crippen LogP contribution is -2.38. The molecule has 1 atom stereocenters. The van der Waals surface area contributed by atoms with Crippen LogP contribution in [0.4, 0.5) is 18.9 Å². The number of carboxylic acid groups (broad SMARTS) is 1. The monoisotopic (exact) mass is 394 g/mol. The minimum absolute atomic E-state index is 0.0653. The lowest BCUT2D eigenvalue weighted by atomic mass is 9.81. The molecule has 0 aliphatic carbocycles. The first-order chi connectivity index (χ1) is 13.3. The molecule has 1 fully saturated rings. The van der Waals surface area contributed by atoms with Crippen LogP contribution in [0.15, 0.2) is 30.3 Å². The molecule has 0 spiro atoms. The van der Waals surface area contributed by atoms with Crippen LogP contribution in [-0.4, -0.2) is 29.1 Å². The van der Waals surface area contributed by atoms with Crippen molar-refractivity contribution in [2.45, 2.75) is 45.2 Å². The van der Waals surface area contributed by atoms with E-state index < -0.39 is 17.8 Å². The Morgan fingerprint density at radius 3 is 2.57 bits per heavy atom. The number of unbranched alkanes of at least 4 members (excludes halogenated alkanes) is 1. The molecule has 1 N–H and O–H groups in total. The van der Waals surface area contributed by atoms with Gasteiger partial charge in [0.1, 0.15) is 5.69 Å². The third-order valence-corrected chi connectivity index (χ3v) is 5.62. The number of aliphatic carboxylic acids is 1. The van der Waals surface area contributed by atoms with Gasteiger partial charge in [-0.1, -0.05) is 38.0 Å². The normalized spacial score (nSPS) is 17.1. The predicted octanol–water partition coefficient (Wildman–Crippen LogP) is 5.36. The van der Waals surface area contributed by atoms with Crippen molar-refractivity contribution in [3.63, 3.8) is 0 Å². The molecule has 1 unspecified atom stereocenters. The van der Waals surface area contributed by atoms with Crippen molar-refractivity contribution in [1.29, 1.82) is 0 Å². The largest absolute Gasteiger partial charge is 0.481 e. The Labute approximate surface area is 162 Å². The Hall–Kier alpha value is -2.31. The molecule has 0 amide bonds. The number of benzene rings is 1. The van der Waals surface area contributed by atoms with Gasteiger partial charge in [-0.25, -0.2) is 4.98 Å². The van der Waals surface area contributed by atoms with E-state index in [9.17, 15) is 23.1 Å². The summed E-state index contributed by atoms with van der Waals surface area (Å²) >= 11 is 0. The van der Waals surface area contributed by atoms with Gasteiger partial charge in [-0.15, -0.1) is 0 Å². The van der Waals surface area contributed by atoms with Gasteiger partial charge in [0.05, 0.1) is 11.4 Å². The summed E-state index contributed by atoms with van der Waals surface area (Å²) in [6.07, 6.45) is -0.692. The number of anilines is 1. The second-order valence-corrected chi connectivity index (χ2v) is 7.45. The molecule has 0 bridgehead atoms. The van der Waals surface area contributed by atoms with Gasteiger partial charge in [0.15, 0.2) is 0 Å². The van der Waals surface area contributed by atoms with E-state index in [-0.39, 0.29) is 11.8 Å². The predicted molar refractivity (Wildman–Crippen MR) is 102 cm³/mol. The standard InChI is InChI=1S/C21H25F3N2O2/c1-2-3-6-15(20(27)28)14-9-11-26(12-10-14)18-13-19(21(22,23)24)25-17-8-5-4-7-16(17)18/h4-5,7-8,13-15H,2-3,6,9-12H2,1H3,(H,27,28). The van der Waals surface area contributed by atoms with Gasteiger partial charge in [0.25, 0.3) is 0 Å². The highest BCUT2D eigenvalue weighted by atomic mass is 19.4. The number of hydrogen-bond acceptors (Lipinski definition) is 3. The van der Waals surface area contributed by atoms with Crippen molar-refractivity contribution in [2.75, 3.05) is 18.0 Å². The molecular weight excluding hydrogens is 369 g/mol. The van der Waals surface area contributed by atoms with E-state index in [1.54, 1.807) is 24.3 Å². The lowest BCUT2D eigenvalue weighted by molar-refractivity contribution is -0.144. The Kier molecular flexibility index (Phi) is 6.10. The summed E-state index contributed by atoms with van der Waals surface area (Å²) in [6, 6.07) is 7.96. The van der Waals surface area contributed by atoms with Crippen molar-refractivity contribution in [3.05, 3.63) is 36.0 Å². The lowest BCUT2D eigenvalue weighted by Gasteiger charge is -2.36. The van der Waals surface area contributed by atoms with E-state index >= 15 is 0 Å². The zero-order chi connectivity index (χ0) is 20.3. The van der Waals surface area contributed by atoms with E-state index in [4.69, 9.17) is 0 Å². The van der Waals surface area contributed by atoms with E-state index in [1.165, 1.54) is 0 Å². The first-order valence-corrected chi connectivity index (χ1v) is 9.76. The van der Waals surface area contributed by atoms with Gasteiger partial charge in [-0.2, -0.15) is 13.2 Å². The molecule has 1 aromatic heterocycles. The Bertz CT molecular complexity index is 830. The molecule has 4 nitrogen and oxygen atoms in total. The van der Waals surface area contributed by atoms with Crippen LogP contribution in [-0.2, 0) is 11.0 Å². The van der Waals surface area contributed by atoms with Crippen molar-refractivity contribution >= 4 is 22.6 Å². The highest BCUT2D eigenvalue weighted by molar-refractivity contribution is 5.92. The van der Waals surface area contributed by atoms with Gasteiger partial charge < -0.3 is 10.0 Å². The van der Waals surface area contributed by atoms with Crippen LogP contribution in [0.2, 0.25) is 0 Å². The van der Waals surface area contributed by atoms with Gasteiger partial charge in [-0.3, -0.25) is 4.79 Å². The number of halogens is 3. The van der Waals surface area contributed by atoms with Crippen molar-refractivity contribution in [3.8, 4) is 0 Å². The Balaban J connectivity index is 1.84. The van der Waals surface area contributed by atoms with Crippen molar-refractivity contribution < 1.29 is 23.1 Å². The van der Waals surface area contributed by atoms with Crippen LogP contribution in [0.5, 0.6) is 0 Å². The number of aromatic nitrogens is 1. The maximum atomic E-state index is 13.3. The fourth-order valence-corrected chi connectivity index (χ4v) is 4.09. The average molecular weight is 394 g/mol. The molecule has 1 aromatic carbocycles. The van der Waals surface area contributed by atoms with E-state index in [2.05, 4.69) is 4.98 Å². The van der Waals surface area contributed by atoms with Crippen molar-refractivity contribution in [1.82, 2.24) is 4.98 Å². The van der Waals surface area contributed by atoms with E-state index in [1.807, 2.05) is 11.8 Å². The highest BCUT2D eigenvalue weighted by Crippen LogP contribution is 2.37. The number of nitrogens with zero attached hydrogens (tertiary/aromatic N) is 2. The average Bonchev–Trinajstić information content (AvgIpc) is 2.67. The molecule has 2 aromatic rings. The van der Waals surface area contributed by atoms with Crippen LogP contribution in [0.3, 0.4) is 0 Å². The van der Waals surface area contributed by atoms with Gasteiger partial charge in [0, 0.05) is 24.2 Å². The first kappa shape index (κ1) is 20.4. The van der Waals surface area contributed by atoms with Gasteiger partial charge in [-0.05, 0) is 37.3 Å². The smallest absolute Gasteiger partial charge is 0.433 e. The fourth-order valence-electron chi connectivity index (χ4n) is 4.09. The Morgan fingerprint density at radius 1 is 1.29 bits per heavy atom. The van der Waals surface area contributed by atoms with Gasteiger partial charge in [0.2, 0.25) is 0 Å². The first-order valence-electron chi connectivity index (χ1n) is 9.76. The highest BCUT2D eigenvalue weighted by Gasteiger charge is 2.35. The van der Waals surface area contributed by atoms with E-state index in [0.29, 0.717) is 48.9 Å². The maximum Gasteiger partial charge on any atom is 0.433 e. The summed E-state index contributed by atoms with van der Waals surface area (Å²) in [5.41, 5.74) is -0.0488. The van der Waals surface area contributed by atoms with E-state index in [0.717, 1.165) is 18.9 Å². The second kappa shape index (κ2) is 8.37. The Morgan fingerprint density at radius 2 is 1.96 bits per heavy atom. The number of hydrogen-bond donors (Lipinski definition) is 1. The topological polar surface area (TPSA) is 53.4 Å². The van der Waals surface area contributed by atoms with Crippen LogP contribution in [0.25, 0.3) is 10.9 Å². The zero-order valence-electron chi connectivity index (χ0n) is 15.9. The quantitative estimate of drug-likeness (QED) is 0.717. The minimum atomic E-state index is -4.51.